The molecule has 1 aliphatic rings. The second-order valence-corrected chi connectivity index (χ2v) is 7.90. The number of benzene rings is 3. The summed E-state index contributed by atoms with van der Waals surface area (Å²) in [5.74, 6) is -0.471. The van der Waals surface area contributed by atoms with Gasteiger partial charge in [0.05, 0.1) is 28.0 Å². The van der Waals surface area contributed by atoms with Crippen LogP contribution >= 0.6 is 0 Å². The van der Waals surface area contributed by atoms with Gasteiger partial charge in [-0.2, -0.15) is 0 Å². The maximum Gasteiger partial charge on any atom is 0.329 e. The summed E-state index contributed by atoms with van der Waals surface area (Å²) >= 11 is 0. The second kappa shape index (κ2) is 7.70. The zero-order chi connectivity index (χ0) is 23.3. The maximum absolute atomic E-state index is 13.1. The van der Waals surface area contributed by atoms with Crippen molar-refractivity contribution in [2.75, 3.05) is 5.73 Å². The number of ketones is 2. The number of aryl methyl sites for hydroxylation is 2. The number of aliphatic imine (C=N–C) groups is 1. The number of hydrogen-bond donors (Lipinski definition) is 1. The molecule has 5 rings (SSSR count). The first-order valence-electron chi connectivity index (χ1n) is 10.8. The Labute approximate surface area is 189 Å². The first-order valence-corrected chi connectivity index (χ1v) is 10.8. The third kappa shape index (κ3) is 3.04. The van der Waals surface area contributed by atoms with E-state index in [9.17, 15) is 14.4 Å². The first-order chi connectivity index (χ1) is 16.0. The van der Waals surface area contributed by atoms with Crippen LogP contribution in [0, 0.1) is 0 Å². The number of nitrogen functional groups attached to an aromatic ring is 1. The fourth-order valence-corrected chi connectivity index (χ4v) is 4.48. The van der Waals surface area contributed by atoms with Gasteiger partial charge in [0.2, 0.25) is 0 Å². The molecule has 7 heteroatoms. The molecule has 0 saturated heterocycles. The first kappa shape index (κ1) is 20.6. The monoisotopic (exact) mass is 438 g/mol. The molecule has 33 heavy (non-hydrogen) atoms. The summed E-state index contributed by atoms with van der Waals surface area (Å²) in [7, 11) is 0. The highest BCUT2D eigenvalue weighted by molar-refractivity contribution is 6.30. The minimum atomic E-state index is -0.262. The van der Waals surface area contributed by atoms with E-state index in [-0.39, 0.29) is 28.5 Å². The van der Waals surface area contributed by atoms with Crippen molar-refractivity contribution in [3.05, 3.63) is 92.9 Å². The van der Waals surface area contributed by atoms with Crippen LogP contribution in [-0.2, 0) is 13.1 Å². The van der Waals surface area contributed by atoms with E-state index < -0.39 is 0 Å². The molecule has 4 aromatic rings. The molecule has 0 radical (unpaired) electrons. The molecule has 0 saturated carbocycles. The van der Waals surface area contributed by atoms with Crippen LogP contribution < -0.4 is 11.4 Å². The van der Waals surface area contributed by atoms with Gasteiger partial charge in [0, 0.05) is 41.6 Å². The van der Waals surface area contributed by atoms with E-state index in [1.807, 2.05) is 32.0 Å². The Morgan fingerprint density at radius 3 is 2.18 bits per heavy atom. The molecule has 0 atom stereocenters. The van der Waals surface area contributed by atoms with Gasteiger partial charge in [-0.25, -0.2) is 4.79 Å². The normalized spacial score (nSPS) is 13.0. The molecule has 2 N–H and O–H groups in total. The molecule has 0 fully saturated rings. The smallest absolute Gasteiger partial charge is 0.329 e. The summed E-state index contributed by atoms with van der Waals surface area (Å²) in [4.78, 5) is 43.1. The zero-order valence-corrected chi connectivity index (χ0v) is 18.3. The van der Waals surface area contributed by atoms with Crippen LogP contribution in [0.5, 0.6) is 0 Å². The lowest BCUT2D eigenvalue weighted by atomic mass is 9.82. The minimum absolute atomic E-state index is 0.0430. The number of carbonyl (C=O) groups excluding carboxylic acids is 2. The van der Waals surface area contributed by atoms with E-state index in [1.54, 1.807) is 51.7 Å². The van der Waals surface area contributed by atoms with Gasteiger partial charge in [0.1, 0.15) is 0 Å². The molecule has 1 aliphatic carbocycles. The predicted octanol–water partition coefficient (Wildman–Crippen LogP) is 3.95. The highest BCUT2D eigenvalue weighted by Gasteiger charge is 2.31. The fourth-order valence-electron chi connectivity index (χ4n) is 4.48. The molecule has 3 aromatic carbocycles. The van der Waals surface area contributed by atoms with Crippen LogP contribution in [0.15, 0.2) is 64.4 Å². The Bertz CT molecular complexity index is 1560. The van der Waals surface area contributed by atoms with Crippen molar-refractivity contribution >= 4 is 40.2 Å². The topological polar surface area (TPSA) is 99.4 Å². The number of nitrogens with zero attached hydrogens (tertiary/aromatic N) is 3. The van der Waals surface area contributed by atoms with Crippen LogP contribution in [0.4, 0.5) is 11.4 Å². The van der Waals surface area contributed by atoms with Crippen molar-refractivity contribution in [2.24, 2.45) is 4.99 Å². The number of imidazole rings is 1. The number of carbonyl (C=O) groups is 2. The van der Waals surface area contributed by atoms with Gasteiger partial charge < -0.3 is 5.73 Å². The van der Waals surface area contributed by atoms with Crippen LogP contribution in [0.25, 0.3) is 11.0 Å². The van der Waals surface area contributed by atoms with Gasteiger partial charge in [-0.15, -0.1) is 0 Å². The zero-order valence-electron chi connectivity index (χ0n) is 18.3. The Balaban J connectivity index is 1.56. The van der Waals surface area contributed by atoms with Crippen LogP contribution in [-0.4, -0.2) is 26.9 Å². The van der Waals surface area contributed by atoms with Gasteiger partial charge in [-0.05, 0) is 38.1 Å². The van der Waals surface area contributed by atoms with Crippen molar-refractivity contribution in [3.8, 4) is 0 Å². The molecule has 164 valence electrons. The van der Waals surface area contributed by atoms with Crippen molar-refractivity contribution in [3.63, 3.8) is 0 Å². The largest absolute Gasteiger partial charge is 0.398 e. The highest BCUT2D eigenvalue weighted by Crippen LogP contribution is 2.32. The summed E-state index contributed by atoms with van der Waals surface area (Å²) in [5.41, 5.74) is 10.7. The average molecular weight is 438 g/mol. The van der Waals surface area contributed by atoms with Gasteiger partial charge in [0.25, 0.3) is 0 Å². The lowest BCUT2D eigenvalue weighted by molar-refractivity contribution is 0.0979. The molecule has 0 bridgehead atoms. The van der Waals surface area contributed by atoms with E-state index in [0.29, 0.717) is 41.0 Å². The molecule has 1 aromatic heterocycles. The quantitative estimate of drug-likeness (QED) is 0.339. The van der Waals surface area contributed by atoms with Gasteiger partial charge in [0.15, 0.2) is 11.6 Å². The number of anilines is 1. The SMILES string of the molecule is CCn1c(=O)n(CC)c2cc(N=Cc3ccc4c(c3N)C(=O)c3ccccc3C4=O)ccc21. The summed E-state index contributed by atoms with van der Waals surface area (Å²) in [6.45, 7) is 5.02. The van der Waals surface area contributed by atoms with Gasteiger partial charge in [-0.3, -0.25) is 23.7 Å². The molecule has 7 nitrogen and oxygen atoms in total. The Hall–Kier alpha value is -4.26. The predicted molar refractivity (Wildman–Crippen MR) is 129 cm³/mol. The second-order valence-electron chi connectivity index (χ2n) is 7.90. The number of nitrogens with two attached hydrogens (primary N) is 1. The summed E-state index contributed by atoms with van der Waals surface area (Å²) in [6, 6.07) is 15.7. The molecule has 0 spiro atoms. The number of aromatic nitrogens is 2. The van der Waals surface area contributed by atoms with Crippen molar-refractivity contribution in [1.29, 1.82) is 0 Å². The fraction of sp³-hybridized carbons (Fsp3) is 0.154. The Morgan fingerprint density at radius 1 is 0.818 bits per heavy atom. The Kier molecular flexibility index (Phi) is 4.82. The summed E-state index contributed by atoms with van der Waals surface area (Å²) in [5, 5.41) is 0. The third-order valence-corrected chi connectivity index (χ3v) is 6.15. The van der Waals surface area contributed by atoms with E-state index in [2.05, 4.69) is 4.99 Å². The van der Waals surface area contributed by atoms with Gasteiger partial charge in [-0.1, -0.05) is 30.3 Å². The number of rotatable bonds is 4. The molecule has 1 heterocycles. The van der Waals surface area contributed by atoms with Crippen LogP contribution in [0.3, 0.4) is 0 Å². The summed E-state index contributed by atoms with van der Waals surface area (Å²) in [6.07, 6.45) is 1.58. The maximum atomic E-state index is 13.1. The van der Waals surface area contributed by atoms with E-state index >= 15 is 0 Å². The van der Waals surface area contributed by atoms with Crippen LogP contribution in [0.1, 0.15) is 51.3 Å². The highest BCUT2D eigenvalue weighted by atomic mass is 16.2. The third-order valence-electron chi connectivity index (χ3n) is 6.15. The average Bonchev–Trinajstić information content (AvgIpc) is 3.11. The standard InChI is InChI=1S/C26H22N4O3/c1-3-29-20-12-10-16(13-21(20)30(4-2)26(29)33)28-14-15-9-11-19-22(23(15)27)25(32)18-8-6-5-7-17(18)24(19)31/h5-14H,3-4,27H2,1-2H3. The van der Waals surface area contributed by atoms with Gasteiger partial charge >= 0.3 is 5.69 Å². The molecule has 0 amide bonds. The number of fused-ring (bicyclic) bond motifs is 3. The number of hydrogen-bond acceptors (Lipinski definition) is 5. The molecular weight excluding hydrogens is 416 g/mol. The van der Waals surface area contributed by atoms with E-state index in [4.69, 9.17) is 5.73 Å². The van der Waals surface area contributed by atoms with E-state index in [1.165, 1.54) is 0 Å². The Morgan fingerprint density at radius 2 is 1.48 bits per heavy atom. The van der Waals surface area contributed by atoms with Crippen molar-refractivity contribution < 1.29 is 9.59 Å². The summed E-state index contributed by atoms with van der Waals surface area (Å²) < 4.78 is 3.45. The van der Waals surface area contributed by atoms with Crippen molar-refractivity contribution in [2.45, 2.75) is 26.9 Å². The molecule has 0 aliphatic heterocycles. The van der Waals surface area contributed by atoms with Crippen LogP contribution in [0.2, 0.25) is 0 Å². The molecule has 0 unspecified atom stereocenters. The molecular formula is C26H22N4O3. The van der Waals surface area contributed by atoms with E-state index in [0.717, 1.165) is 11.0 Å². The lowest BCUT2D eigenvalue weighted by Crippen LogP contribution is -2.23. The lowest BCUT2D eigenvalue weighted by Gasteiger charge is -2.19. The van der Waals surface area contributed by atoms with Crippen molar-refractivity contribution in [1.82, 2.24) is 9.13 Å². The minimum Gasteiger partial charge on any atom is -0.398 e.